The van der Waals surface area contributed by atoms with Crippen LogP contribution in [0.1, 0.15) is 37.0 Å². The number of nitrogens with zero attached hydrogens (tertiary/aromatic N) is 1. The van der Waals surface area contributed by atoms with Crippen molar-refractivity contribution in [2.45, 2.75) is 51.7 Å². The third-order valence-electron chi connectivity index (χ3n) is 6.43. The van der Waals surface area contributed by atoms with E-state index in [-0.39, 0.29) is 17.9 Å². The maximum atomic E-state index is 13.9. The predicted molar refractivity (Wildman–Crippen MR) is 151 cm³/mol. The molecule has 0 aromatic heterocycles. The minimum Gasteiger partial charge on any atom is -0.352 e. The summed E-state index contributed by atoms with van der Waals surface area (Å²) in [6.07, 6.45) is 1.32. The summed E-state index contributed by atoms with van der Waals surface area (Å²) in [5, 5.41) is 5.94. The number of hydrogen-bond donors (Lipinski definition) is 1. The minimum absolute atomic E-state index is 0.0374. The lowest BCUT2D eigenvalue weighted by Gasteiger charge is -2.32. The number of carbonyl (C=O) groups excluding carboxylic acids is 2. The molecule has 0 heterocycles. The van der Waals surface area contributed by atoms with Crippen LogP contribution in [0.3, 0.4) is 0 Å². The van der Waals surface area contributed by atoms with Crippen LogP contribution in [0.4, 0.5) is 0 Å². The average molecular weight is 513 g/mol. The molecule has 4 rings (SSSR count). The van der Waals surface area contributed by atoms with Crippen LogP contribution in [0.15, 0.2) is 97.1 Å². The van der Waals surface area contributed by atoms with Gasteiger partial charge in [0.15, 0.2) is 0 Å². The quantitative estimate of drug-likeness (QED) is 0.260. The largest absolute Gasteiger partial charge is 0.352 e. The van der Waals surface area contributed by atoms with Crippen molar-refractivity contribution in [2.75, 3.05) is 0 Å². The number of halogens is 1. The monoisotopic (exact) mass is 512 g/mol. The van der Waals surface area contributed by atoms with Crippen molar-refractivity contribution >= 4 is 34.2 Å². The Hall–Kier alpha value is -3.63. The lowest BCUT2D eigenvalue weighted by Crippen LogP contribution is -2.51. The molecule has 0 aliphatic heterocycles. The van der Waals surface area contributed by atoms with Crippen LogP contribution in [0.2, 0.25) is 5.02 Å². The molecular weight excluding hydrogens is 480 g/mol. The normalized spacial score (nSPS) is 11.9. The van der Waals surface area contributed by atoms with E-state index in [1.807, 2.05) is 86.6 Å². The molecular formula is C32H33ClN2O2. The summed E-state index contributed by atoms with van der Waals surface area (Å²) >= 11 is 6.26. The highest BCUT2D eigenvalue weighted by molar-refractivity contribution is 6.30. The van der Waals surface area contributed by atoms with Crippen LogP contribution in [0, 0.1) is 0 Å². The van der Waals surface area contributed by atoms with Crippen LogP contribution < -0.4 is 5.32 Å². The van der Waals surface area contributed by atoms with E-state index < -0.39 is 6.04 Å². The molecule has 1 N–H and O–H groups in total. The second kappa shape index (κ2) is 12.6. The lowest BCUT2D eigenvalue weighted by atomic mass is 9.99. The summed E-state index contributed by atoms with van der Waals surface area (Å²) in [5.74, 6) is -0.216. The molecule has 2 amide bonds. The number of benzene rings is 4. The van der Waals surface area contributed by atoms with E-state index in [9.17, 15) is 9.59 Å². The molecule has 1 atom stereocenters. The Morgan fingerprint density at radius 3 is 2.27 bits per heavy atom. The summed E-state index contributed by atoms with van der Waals surface area (Å²) in [4.78, 5) is 29.1. The van der Waals surface area contributed by atoms with Gasteiger partial charge in [-0.1, -0.05) is 96.5 Å². The highest BCUT2D eigenvalue weighted by atomic mass is 35.5. The number of nitrogens with one attached hydrogen (secondary N) is 1. The van der Waals surface area contributed by atoms with E-state index in [0.717, 1.165) is 27.5 Å². The van der Waals surface area contributed by atoms with Crippen molar-refractivity contribution in [1.82, 2.24) is 10.2 Å². The Labute approximate surface area is 224 Å². The molecule has 0 fully saturated rings. The van der Waals surface area contributed by atoms with Gasteiger partial charge in [-0.05, 0) is 59.9 Å². The molecule has 4 nitrogen and oxygen atoms in total. The van der Waals surface area contributed by atoms with Crippen LogP contribution in [-0.2, 0) is 29.0 Å². The Morgan fingerprint density at radius 1 is 0.838 bits per heavy atom. The maximum Gasteiger partial charge on any atom is 0.243 e. The Bertz CT molecular complexity index is 1350. The van der Waals surface area contributed by atoms with Crippen molar-refractivity contribution in [3.05, 3.63) is 119 Å². The molecule has 0 saturated heterocycles. The fourth-order valence-corrected chi connectivity index (χ4v) is 4.88. The van der Waals surface area contributed by atoms with Crippen molar-refractivity contribution in [2.24, 2.45) is 0 Å². The summed E-state index contributed by atoms with van der Waals surface area (Å²) < 4.78 is 0. The average Bonchev–Trinajstić information content (AvgIpc) is 2.89. The molecule has 0 aliphatic carbocycles. The van der Waals surface area contributed by atoms with Crippen LogP contribution in [-0.4, -0.2) is 28.8 Å². The first-order chi connectivity index (χ1) is 17.9. The fraction of sp³-hybridized carbons (Fsp3) is 0.250. The van der Waals surface area contributed by atoms with Gasteiger partial charge in [-0.3, -0.25) is 9.59 Å². The first kappa shape index (κ1) is 26.4. The molecule has 0 radical (unpaired) electrons. The Kier molecular flexibility index (Phi) is 8.97. The standard InChI is InChI=1S/C32H33ClN2O2/c1-23(2)34-32(37)30(21-24-10-4-3-5-11-24)35(22-25-12-8-16-28(33)20-25)31(36)19-18-27-15-9-14-26-13-6-7-17-29(26)27/h3-17,20,23,30H,18-19,21-22H2,1-2H3,(H,34,37)/t30-/m1/s1. The van der Waals surface area contributed by atoms with E-state index in [2.05, 4.69) is 29.6 Å². The molecule has 190 valence electrons. The zero-order valence-electron chi connectivity index (χ0n) is 21.4. The number of fused-ring (bicyclic) bond motifs is 1. The molecule has 0 saturated carbocycles. The van der Waals surface area contributed by atoms with Gasteiger partial charge in [-0.2, -0.15) is 0 Å². The number of rotatable bonds is 10. The number of carbonyl (C=O) groups is 2. The topological polar surface area (TPSA) is 49.4 Å². The maximum absolute atomic E-state index is 13.9. The van der Waals surface area contributed by atoms with Crippen LogP contribution in [0.25, 0.3) is 10.8 Å². The highest BCUT2D eigenvalue weighted by Crippen LogP contribution is 2.22. The minimum atomic E-state index is -0.649. The number of aryl methyl sites for hydroxylation is 1. The van der Waals surface area contributed by atoms with Gasteiger partial charge in [0.2, 0.25) is 11.8 Å². The predicted octanol–water partition coefficient (Wildman–Crippen LogP) is 6.59. The van der Waals surface area contributed by atoms with Gasteiger partial charge in [-0.25, -0.2) is 0 Å². The van der Waals surface area contributed by atoms with E-state index in [4.69, 9.17) is 11.6 Å². The van der Waals surface area contributed by atoms with Gasteiger partial charge in [0.05, 0.1) is 0 Å². The van der Waals surface area contributed by atoms with Crippen LogP contribution in [0.5, 0.6) is 0 Å². The van der Waals surface area contributed by atoms with Crippen molar-refractivity contribution in [3.63, 3.8) is 0 Å². The molecule has 0 aliphatic rings. The second-order valence-corrected chi connectivity index (χ2v) is 10.1. The smallest absolute Gasteiger partial charge is 0.243 e. The summed E-state index contributed by atoms with van der Waals surface area (Å²) in [7, 11) is 0. The third-order valence-corrected chi connectivity index (χ3v) is 6.67. The SMILES string of the molecule is CC(C)NC(=O)[C@@H](Cc1ccccc1)N(Cc1cccc(Cl)c1)C(=O)CCc1cccc2ccccc12. The second-order valence-electron chi connectivity index (χ2n) is 9.66. The molecule has 37 heavy (non-hydrogen) atoms. The molecule has 0 spiro atoms. The molecule has 0 unspecified atom stereocenters. The van der Waals surface area contributed by atoms with Gasteiger partial charge in [0.1, 0.15) is 6.04 Å². The van der Waals surface area contributed by atoms with Crippen molar-refractivity contribution in [1.29, 1.82) is 0 Å². The van der Waals surface area contributed by atoms with Gasteiger partial charge >= 0.3 is 0 Å². The van der Waals surface area contributed by atoms with Crippen LogP contribution >= 0.6 is 11.6 Å². The number of hydrogen-bond acceptors (Lipinski definition) is 2. The molecule has 5 heteroatoms. The zero-order valence-corrected chi connectivity index (χ0v) is 22.1. The van der Waals surface area contributed by atoms with Gasteiger partial charge < -0.3 is 10.2 Å². The molecule has 4 aromatic rings. The highest BCUT2D eigenvalue weighted by Gasteiger charge is 2.30. The summed E-state index contributed by atoms with van der Waals surface area (Å²) in [6, 6.07) is 31.0. The Morgan fingerprint density at radius 2 is 1.51 bits per heavy atom. The Balaban J connectivity index is 1.64. The molecule has 0 bridgehead atoms. The first-order valence-electron chi connectivity index (χ1n) is 12.8. The number of amides is 2. The summed E-state index contributed by atoms with van der Waals surface area (Å²) in [5.41, 5.74) is 3.02. The first-order valence-corrected chi connectivity index (χ1v) is 13.1. The van der Waals surface area contributed by atoms with E-state index in [0.29, 0.717) is 30.8 Å². The lowest BCUT2D eigenvalue weighted by molar-refractivity contribution is -0.141. The van der Waals surface area contributed by atoms with Gasteiger partial charge in [-0.15, -0.1) is 0 Å². The van der Waals surface area contributed by atoms with Gasteiger partial charge in [0, 0.05) is 30.5 Å². The van der Waals surface area contributed by atoms with E-state index >= 15 is 0 Å². The van der Waals surface area contributed by atoms with E-state index in [1.54, 1.807) is 4.90 Å². The van der Waals surface area contributed by atoms with Crippen molar-refractivity contribution < 1.29 is 9.59 Å². The zero-order chi connectivity index (χ0) is 26.2. The van der Waals surface area contributed by atoms with Gasteiger partial charge in [0.25, 0.3) is 0 Å². The summed E-state index contributed by atoms with van der Waals surface area (Å²) in [6.45, 7) is 4.17. The van der Waals surface area contributed by atoms with Crippen molar-refractivity contribution in [3.8, 4) is 0 Å². The fourth-order valence-electron chi connectivity index (χ4n) is 4.66. The third kappa shape index (κ3) is 7.21. The van der Waals surface area contributed by atoms with E-state index in [1.165, 1.54) is 0 Å². The molecule has 4 aromatic carbocycles.